The highest BCUT2D eigenvalue weighted by Gasteiger charge is 2.18. The number of amides is 1. The van der Waals surface area contributed by atoms with Crippen molar-refractivity contribution in [2.75, 3.05) is 47.1 Å². The molecule has 0 N–H and O–H groups in total. The van der Waals surface area contributed by atoms with Crippen molar-refractivity contribution in [2.24, 2.45) is 0 Å². The van der Waals surface area contributed by atoms with Gasteiger partial charge in [0.25, 0.3) is 5.91 Å². The summed E-state index contributed by atoms with van der Waals surface area (Å²) in [5, 5.41) is 2.37. The summed E-state index contributed by atoms with van der Waals surface area (Å²) in [6.45, 7) is 3.93. The van der Waals surface area contributed by atoms with Crippen molar-refractivity contribution in [2.45, 2.75) is 13.1 Å². The summed E-state index contributed by atoms with van der Waals surface area (Å²) in [7, 11) is 3.71. The van der Waals surface area contributed by atoms with Gasteiger partial charge in [-0.15, -0.1) is 0 Å². The average molecular weight is 436 g/mol. The summed E-state index contributed by atoms with van der Waals surface area (Å²) >= 11 is 0. The van der Waals surface area contributed by atoms with Crippen molar-refractivity contribution >= 4 is 16.7 Å². The van der Waals surface area contributed by atoms with E-state index >= 15 is 0 Å². The van der Waals surface area contributed by atoms with E-state index in [0.29, 0.717) is 37.8 Å². The van der Waals surface area contributed by atoms with Crippen LogP contribution in [0.4, 0.5) is 0 Å². The molecule has 0 aliphatic carbocycles. The Morgan fingerprint density at radius 3 is 2.78 bits per heavy atom. The van der Waals surface area contributed by atoms with Gasteiger partial charge in [-0.3, -0.25) is 14.7 Å². The fraction of sp³-hybridized carbons (Fsp3) is 0.360. The van der Waals surface area contributed by atoms with Gasteiger partial charge in [0.05, 0.1) is 20.3 Å². The second-order valence-electron chi connectivity index (χ2n) is 7.95. The van der Waals surface area contributed by atoms with Crippen LogP contribution in [0.25, 0.3) is 10.8 Å². The van der Waals surface area contributed by atoms with Crippen LogP contribution in [0.3, 0.4) is 0 Å². The molecule has 0 saturated carbocycles. The van der Waals surface area contributed by atoms with Crippen LogP contribution in [0, 0.1) is 0 Å². The van der Waals surface area contributed by atoms with Crippen LogP contribution in [0.1, 0.15) is 11.1 Å². The molecule has 0 radical (unpaired) electrons. The summed E-state index contributed by atoms with van der Waals surface area (Å²) in [4.78, 5) is 20.6. The third kappa shape index (κ3) is 5.36. The number of hydrogen-bond acceptors (Lipinski definition) is 6. The lowest BCUT2D eigenvalue weighted by Crippen LogP contribution is -2.43. The largest absolute Gasteiger partial charge is 0.493 e. The lowest BCUT2D eigenvalue weighted by atomic mass is 10.1. The van der Waals surface area contributed by atoms with E-state index in [1.807, 2.05) is 30.6 Å². The van der Waals surface area contributed by atoms with Gasteiger partial charge < -0.3 is 19.1 Å². The number of pyridine rings is 1. The minimum absolute atomic E-state index is 0.00838. The van der Waals surface area contributed by atoms with Gasteiger partial charge in [0.1, 0.15) is 0 Å². The van der Waals surface area contributed by atoms with Crippen LogP contribution in [0.5, 0.6) is 11.5 Å². The predicted molar refractivity (Wildman–Crippen MR) is 123 cm³/mol. The fourth-order valence-electron chi connectivity index (χ4n) is 3.96. The molecule has 2 heterocycles. The number of carbonyl (C=O) groups excluding carboxylic acids is 1. The molecule has 1 saturated heterocycles. The zero-order valence-electron chi connectivity index (χ0n) is 18.6. The van der Waals surface area contributed by atoms with Crippen LogP contribution in [0.2, 0.25) is 0 Å². The Balaban J connectivity index is 1.38. The van der Waals surface area contributed by atoms with Gasteiger partial charge in [-0.25, -0.2) is 0 Å². The number of ether oxygens (including phenoxy) is 3. The number of nitrogens with zero attached hydrogens (tertiary/aromatic N) is 3. The molecule has 2 aromatic carbocycles. The van der Waals surface area contributed by atoms with Gasteiger partial charge in [0.15, 0.2) is 18.1 Å². The van der Waals surface area contributed by atoms with Crippen LogP contribution in [0.15, 0.2) is 54.9 Å². The van der Waals surface area contributed by atoms with Crippen molar-refractivity contribution < 1.29 is 19.0 Å². The zero-order valence-corrected chi connectivity index (χ0v) is 18.6. The highest BCUT2D eigenvalue weighted by molar-refractivity contribution is 5.84. The molecule has 1 aliphatic rings. The van der Waals surface area contributed by atoms with Crippen molar-refractivity contribution in [3.05, 3.63) is 66.0 Å². The minimum Gasteiger partial charge on any atom is -0.493 e. The molecule has 4 rings (SSSR count). The van der Waals surface area contributed by atoms with Crippen molar-refractivity contribution in [1.29, 1.82) is 0 Å². The Bertz CT molecular complexity index is 1060. The first-order valence-corrected chi connectivity index (χ1v) is 10.8. The quantitative estimate of drug-likeness (QED) is 0.542. The standard InChI is InChI=1S/C25H29N3O4/c1-27(17-21-5-3-4-20-15-26-9-8-22(20)21)16-19-6-7-23(24(14-19)30-2)32-18-25(29)28-10-12-31-13-11-28/h3-9,14-15H,10-13,16-18H2,1-2H3. The molecule has 168 valence electrons. The fourth-order valence-corrected chi connectivity index (χ4v) is 3.96. The molecule has 7 nitrogen and oxygen atoms in total. The summed E-state index contributed by atoms with van der Waals surface area (Å²) < 4.78 is 16.6. The van der Waals surface area contributed by atoms with Crippen LogP contribution in [-0.4, -0.2) is 67.8 Å². The highest BCUT2D eigenvalue weighted by atomic mass is 16.5. The van der Waals surface area contributed by atoms with Crippen molar-refractivity contribution in [1.82, 2.24) is 14.8 Å². The molecule has 32 heavy (non-hydrogen) atoms. The number of benzene rings is 2. The summed E-state index contributed by atoms with van der Waals surface area (Å²) in [6, 6.07) is 14.2. The Morgan fingerprint density at radius 1 is 1.12 bits per heavy atom. The van der Waals surface area contributed by atoms with Gasteiger partial charge >= 0.3 is 0 Å². The third-order valence-corrected chi connectivity index (χ3v) is 5.61. The first-order valence-electron chi connectivity index (χ1n) is 10.8. The molecule has 0 bridgehead atoms. The summed E-state index contributed by atoms with van der Waals surface area (Å²) in [5.74, 6) is 1.16. The molecule has 7 heteroatoms. The van der Waals surface area contributed by atoms with E-state index in [-0.39, 0.29) is 12.5 Å². The Labute approximate surface area is 188 Å². The topological polar surface area (TPSA) is 64.1 Å². The van der Waals surface area contributed by atoms with Gasteiger partial charge in [-0.2, -0.15) is 0 Å². The number of morpholine rings is 1. The minimum atomic E-state index is -0.0375. The van der Waals surface area contributed by atoms with E-state index in [1.165, 1.54) is 10.9 Å². The molecular weight excluding hydrogens is 406 g/mol. The maximum Gasteiger partial charge on any atom is 0.260 e. The Kier molecular flexibility index (Phi) is 7.19. The van der Waals surface area contributed by atoms with Crippen LogP contribution >= 0.6 is 0 Å². The van der Waals surface area contributed by atoms with Crippen molar-refractivity contribution in [3.63, 3.8) is 0 Å². The lowest BCUT2D eigenvalue weighted by Gasteiger charge is -2.26. The van der Waals surface area contributed by atoms with E-state index in [2.05, 4.69) is 41.2 Å². The summed E-state index contributed by atoms with van der Waals surface area (Å²) in [6.07, 6.45) is 3.73. The van der Waals surface area contributed by atoms with Gasteiger partial charge in [0.2, 0.25) is 0 Å². The molecule has 1 amide bonds. The first kappa shape index (κ1) is 22.0. The molecule has 1 fully saturated rings. The van der Waals surface area contributed by atoms with Crippen LogP contribution < -0.4 is 9.47 Å². The number of rotatable bonds is 8. The lowest BCUT2D eigenvalue weighted by molar-refractivity contribution is -0.137. The Hall–Kier alpha value is -3.16. The van der Waals surface area contributed by atoms with E-state index in [0.717, 1.165) is 24.0 Å². The smallest absolute Gasteiger partial charge is 0.260 e. The number of carbonyl (C=O) groups is 1. The maximum atomic E-state index is 12.3. The number of methoxy groups -OCH3 is 1. The number of hydrogen-bond donors (Lipinski definition) is 0. The van der Waals surface area contributed by atoms with E-state index in [9.17, 15) is 4.79 Å². The van der Waals surface area contributed by atoms with E-state index in [1.54, 1.807) is 12.0 Å². The highest BCUT2D eigenvalue weighted by Crippen LogP contribution is 2.29. The average Bonchev–Trinajstić information content (AvgIpc) is 2.83. The van der Waals surface area contributed by atoms with Gasteiger partial charge in [0, 0.05) is 44.0 Å². The molecular formula is C25H29N3O4. The normalized spacial score (nSPS) is 14.0. The Morgan fingerprint density at radius 2 is 1.97 bits per heavy atom. The zero-order chi connectivity index (χ0) is 22.3. The third-order valence-electron chi connectivity index (χ3n) is 5.61. The SMILES string of the molecule is COc1cc(CN(C)Cc2cccc3cnccc23)ccc1OCC(=O)N1CCOCC1. The van der Waals surface area contributed by atoms with E-state index < -0.39 is 0 Å². The first-order chi connectivity index (χ1) is 15.6. The predicted octanol–water partition coefficient (Wildman–Crippen LogP) is 3.11. The second kappa shape index (κ2) is 10.4. The number of fused-ring (bicyclic) bond motifs is 1. The molecule has 0 unspecified atom stereocenters. The molecule has 1 aromatic heterocycles. The number of aromatic nitrogens is 1. The molecule has 0 atom stereocenters. The molecule has 1 aliphatic heterocycles. The maximum absolute atomic E-state index is 12.3. The monoisotopic (exact) mass is 435 g/mol. The van der Waals surface area contributed by atoms with Crippen molar-refractivity contribution in [3.8, 4) is 11.5 Å². The second-order valence-corrected chi connectivity index (χ2v) is 7.95. The summed E-state index contributed by atoms with van der Waals surface area (Å²) in [5.41, 5.74) is 2.37. The molecule has 3 aromatic rings. The van der Waals surface area contributed by atoms with Crippen LogP contribution in [-0.2, 0) is 22.6 Å². The van der Waals surface area contributed by atoms with Gasteiger partial charge in [-0.05, 0) is 41.8 Å². The molecule has 0 spiro atoms. The van der Waals surface area contributed by atoms with E-state index in [4.69, 9.17) is 14.2 Å². The van der Waals surface area contributed by atoms with Gasteiger partial charge in [-0.1, -0.05) is 24.3 Å².